The van der Waals surface area contributed by atoms with Crippen molar-refractivity contribution in [3.05, 3.63) is 35.6 Å². The maximum Gasteiger partial charge on any atom is 0.191 e. The van der Waals surface area contributed by atoms with Crippen LogP contribution in [-0.2, 0) is 4.74 Å². The monoisotopic (exact) mass is 339 g/mol. The van der Waals surface area contributed by atoms with Crippen LogP contribution in [-0.4, -0.2) is 44.2 Å². The van der Waals surface area contributed by atoms with Gasteiger partial charge in [0.1, 0.15) is 5.82 Å². The van der Waals surface area contributed by atoms with E-state index in [-0.39, 0.29) is 11.9 Å². The second-order valence-corrected chi connectivity index (χ2v) is 6.88. The van der Waals surface area contributed by atoms with Crippen molar-refractivity contribution in [1.82, 2.24) is 10.6 Å². The quantitative estimate of drug-likeness (QED) is 0.618. The maximum absolute atomic E-state index is 13.0. The number of aliphatic imine (C=N–C) groups is 1. The number of nitrogens with zero attached hydrogens (tertiary/aromatic N) is 1. The highest BCUT2D eigenvalue weighted by molar-refractivity contribution is 7.99. The normalized spacial score (nSPS) is 22.9. The van der Waals surface area contributed by atoms with Crippen LogP contribution in [0.15, 0.2) is 29.3 Å². The Morgan fingerprint density at radius 3 is 2.70 bits per heavy atom. The first-order valence-corrected chi connectivity index (χ1v) is 9.23. The molecule has 0 heterocycles. The summed E-state index contributed by atoms with van der Waals surface area (Å²) in [5, 5.41) is 7.53. The molecule has 1 saturated carbocycles. The fourth-order valence-electron chi connectivity index (χ4n) is 2.88. The molecule has 0 spiro atoms. The second-order valence-electron chi connectivity index (χ2n) is 5.74. The summed E-state index contributed by atoms with van der Waals surface area (Å²) in [6, 6.07) is 6.89. The molecule has 3 unspecified atom stereocenters. The van der Waals surface area contributed by atoms with Gasteiger partial charge < -0.3 is 15.4 Å². The number of nitrogens with one attached hydrogen (secondary N) is 2. The molecule has 1 aliphatic rings. The second kappa shape index (κ2) is 9.13. The summed E-state index contributed by atoms with van der Waals surface area (Å²) in [5.41, 5.74) is 0.945. The van der Waals surface area contributed by atoms with E-state index in [1.807, 2.05) is 11.8 Å². The standard InChI is InChI=1S/C17H26FN3OS/c1-19-17(21-14-8-9-15(10-14)23-3)20-11-16(22-2)12-4-6-13(18)7-5-12/h4-7,14-16H,8-11H2,1-3H3,(H2,19,20,21). The number of halogens is 1. The van der Waals surface area contributed by atoms with Crippen molar-refractivity contribution in [3.63, 3.8) is 0 Å². The van der Waals surface area contributed by atoms with Gasteiger partial charge in [0.05, 0.1) is 6.10 Å². The van der Waals surface area contributed by atoms with Crippen LogP contribution in [0.2, 0.25) is 0 Å². The molecule has 0 saturated heterocycles. The lowest BCUT2D eigenvalue weighted by atomic mass is 10.1. The zero-order valence-corrected chi connectivity index (χ0v) is 14.8. The minimum atomic E-state index is -0.237. The van der Waals surface area contributed by atoms with Gasteiger partial charge in [0, 0.05) is 32.0 Å². The van der Waals surface area contributed by atoms with Gasteiger partial charge in [-0.3, -0.25) is 4.99 Å². The zero-order chi connectivity index (χ0) is 16.7. The number of hydrogen-bond donors (Lipinski definition) is 2. The SMILES string of the molecule is CN=C(NCC(OC)c1ccc(F)cc1)NC1CCC(SC)C1. The van der Waals surface area contributed by atoms with Crippen molar-refractivity contribution in [1.29, 1.82) is 0 Å². The molecule has 4 nitrogen and oxygen atoms in total. The van der Waals surface area contributed by atoms with Crippen molar-refractivity contribution in [3.8, 4) is 0 Å². The van der Waals surface area contributed by atoms with Gasteiger partial charge in [-0.1, -0.05) is 12.1 Å². The van der Waals surface area contributed by atoms with E-state index in [0.717, 1.165) is 16.8 Å². The van der Waals surface area contributed by atoms with Crippen LogP contribution in [0.5, 0.6) is 0 Å². The van der Waals surface area contributed by atoms with Crippen molar-refractivity contribution in [2.75, 3.05) is 27.0 Å². The van der Waals surface area contributed by atoms with E-state index in [2.05, 4.69) is 21.9 Å². The van der Waals surface area contributed by atoms with Gasteiger partial charge >= 0.3 is 0 Å². The number of thioether (sulfide) groups is 1. The predicted octanol–water partition coefficient (Wildman–Crippen LogP) is 2.96. The highest BCUT2D eigenvalue weighted by Gasteiger charge is 2.24. The third-order valence-corrected chi connectivity index (χ3v) is 5.36. The Hall–Kier alpha value is -1.27. The molecule has 2 rings (SSSR count). The number of hydrogen-bond acceptors (Lipinski definition) is 3. The fourth-order valence-corrected chi connectivity index (χ4v) is 3.67. The number of methoxy groups -OCH3 is 1. The summed E-state index contributed by atoms with van der Waals surface area (Å²) >= 11 is 1.94. The first kappa shape index (κ1) is 18.1. The molecule has 0 aromatic heterocycles. The van der Waals surface area contributed by atoms with Crippen LogP contribution in [0, 0.1) is 5.82 Å². The van der Waals surface area contributed by atoms with Crippen LogP contribution < -0.4 is 10.6 Å². The average molecular weight is 339 g/mol. The molecular formula is C17H26FN3OS. The molecule has 3 atom stereocenters. The van der Waals surface area contributed by atoms with Crippen molar-refractivity contribution in [2.24, 2.45) is 4.99 Å². The zero-order valence-electron chi connectivity index (χ0n) is 14.0. The predicted molar refractivity (Wildman–Crippen MR) is 95.6 cm³/mol. The number of rotatable bonds is 6. The number of guanidine groups is 1. The first-order chi connectivity index (χ1) is 11.2. The summed E-state index contributed by atoms with van der Waals surface area (Å²) in [4.78, 5) is 4.29. The molecule has 0 radical (unpaired) electrons. The third-order valence-electron chi connectivity index (χ3n) is 4.26. The van der Waals surface area contributed by atoms with Crippen LogP contribution in [0.3, 0.4) is 0 Å². The van der Waals surface area contributed by atoms with Crippen molar-refractivity contribution >= 4 is 17.7 Å². The molecule has 23 heavy (non-hydrogen) atoms. The lowest BCUT2D eigenvalue weighted by Crippen LogP contribution is -2.44. The maximum atomic E-state index is 13.0. The van der Waals surface area contributed by atoms with E-state index in [0.29, 0.717) is 12.6 Å². The van der Waals surface area contributed by atoms with Crippen LogP contribution in [0.25, 0.3) is 0 Å². The molecule has 1 fully saturated rings. The summed E-state index contributed by atoms with van der Waals surface area (Å²) < 4.78 is 18.5. The lowest BCUT2D eigenvalue weighted by molar-refractivity contribution is 0.106. The third kappa shape index (κ3) is 5.39. The van der Waals surface area contributed by atoms with Gasteiger partial charge in [-0.05, 0) is 43.2 Å². The molecule has 128 valence electrons. The molecular weight excluding hydrogens is 313 g/mol. The van der Waals surface area contributed by atoms with Gasteiger partial charge in [-0.25, -0.2) is 4.39 Å². The van der Waals surface area contributed by atoms with Crippen LogP contribution >= 0.6 is 11.8 Å². The Labute approximate surface area is 142 Å². The largest absolute Gasteiger partial charge is 0.375 e. The highest BCUT2D eigenvalue weighted by Crippen LogP contribution is 2.28. The number of benzene rings is 1. The first-order valence-electron chi connectivity index (χ1n) is 7.94. The highest BCUT2D eigenvalue weighted by atomic mass is 32.2. The topological polar surface area (TPSA) is 45.7 Å². The molecule has 1 aromatic carbocycles. The van der Waals surface area contributed by atoms with E-state index in [1.165, 1.54) is 31.4 Å². The molecule has 1 aromatic rings. The van der Waals surface area contributed by atoms with E-state index in [4.69, 9.17) is 4.74 Å². The summed E-state index contributed by atoms with van der Waals surface area (Å²) in [6.07, 6.45) is 5.64. The molecule has 0 aliphatic heterocycles. The fraction of sp³-hybridized carbons (Fsp3) is 0.588. The Morgan fingerprint density at radius 2 is 2.13 bits per heavy atom. The van der Waals surface area contributed by atoms with Crippen molar-refractivity contribution < 1.29 is 9.13 Å². The van der Waals surface area contributed by atoms with E-state index < -0.39 is 0 Å². The summed E-state index contributed by atoms with van der Waals surface area (Å²) in [7, 11) is 3.43. The van der Waals surface area contributed by atoms with Gasteiger partial charge in [0.15, 0.2) is 5.96 Å². The van der Waals surface area contributed by atoms with Gasteiger partial charge in [-0.15, -0.1) is 0 Å². The van der Waals surface area contributed by atoms with E-state index in [9.17, 15) is 4.39 Å². The average Bonchev–Trinajstić information content (AvgIpc) is 3.03. The summed E-state index contributed by atoms with van der Waals surface area (Å²) in [5.74, 6) is 0.555. The Morgan fingerprint density at radius 1 is 1.39 bits per heavy atom. The van der Waals surface area contributed by atoms with Gasteiger partial charge in [-0.2, -0.15) is 11.8 Å². The smallest absolute Gasteiger partial charge is 0.191 e. The summed E-state index contributed by atoms with van der Waals surface area (Å²) in [6.45, 7) is 0.584. The van der Waals surface area contributed by atoms with Crippen molar-refractivity contribution in [2.45, 2.75) is 36.7 Å². The minimum Gasteiger partial charge on any atom is -0.375 e. The molecule has 6 heteroatoms. The van der Waals surface area contributed by atoms with E-state index in [1.54, 1.807) is 26.3 Å². The minimum absolute atomic E-state index is 0.142. The lowest BCUT2D eigenvalue weighted by Gasteiger charge is -2.21. The molecule has 2 N–H and O–H groups in total. The van der Waals surface area contributed by atoms with Crippen LogP contribution in [0.4, 0.5) is 4.39 Å². The molecule has 1 aliphatic carbocycles. The molecule has 0 amide bonds. The van der Waals surface area contributed by atoms with E-state index >= 15 is 0 Å². The number of ether oxygens (including phenoxy) is 1. The Kier molecular flexibility index (Phi) is 7.17. The van der Waals surface area contributed by atoms with Crippen LogP contribution in [0.1, 0.15) is 30.9 Å². The van der Waals surface area contributed by atoms with Gasteiger partial charge in [0.25, 0.3) is 0 Å². The van der Waals surface area contributed by atoms with Gasteiger partial charge in [0.2, 0.25) is 0 Å². The Balaban J connectivity index is 1.85. The Bertz CT molecular complexity index is 509. The molecule has 0 bridgehead atoms.